The standard InChI is InChI=1S/C17H29N3S/c1-4-14(3)19-9-11-20(12-10-19)16-7-6-8-17(21-5-2)15(16)13-18/h6-8,14H,4-5,9-13,18H2,1-3H3. The molecule has 0 saturated carbocycles. The molecule has 2 rings (SSSR count). The van der Waals surface area contributed by atoms with Crippen molar-refractivity contribution in [2.75, 3.05) is 36.8 Å². The molecular weight excluding hydrogens is 278 g/mol. The Morgan fingerprint density at radius 2 is 1.90 bits per heavy atom. The van der Waals surface area contributed by atoms with Crippen LogP contribution in [0.25, 0.3) is 0 Å². The molecule has 1 saturated heterocycles. The van der Waals surface area contributed by atoms with Crippen LogP contribution in [0.1, 0.15) is 32.8 Å². The summed E-state index contributed by atoms with van der Waals surface area (Å²) in [5.74, 6) is 1.10. The molecule has 0 aromatic heterocycles. The van der Waals surface area contributed by atoms with Gasteiger partial charge in [-0.1, -0.05) is 19.9 Å². The maximum absolute atomic E-state index is 6.04. The van der Waals surface area contributed by atoms with Gasteiger partial charge in [-0.3, -0.25) is 4.90 Å². The fourth-order valence-corrected chi connectivity index (χ4v) is 3.86. The number of rotatable bonds is 6. The van der Waals surface area contributed by atoms with E-state index in [1.165, 1.54) is 22.6 Å². The lowest BCUT2D eigenvalue weighted by Gasteiger charge is -2.39. The second-order valence-corrected chi connectivity index (χ2v) is 6.98. The minimum atomic E-state index is 0.629. The molecule has 1 heterocycles. The topological polar surface area (TPSA) is 32.5 Å². The smallest absolute Gasteiger partial charge is 0.0423 e. The van der Waals surface area contributed by atoms with E-state index in [2.05, 4.69) is 48.8 Å². The van der Waals surface area contributed by atoms with Gasteiger partial charge in [-0.15, -0.1) is 11.8 Å². The molecule has 0 bridgehead atoms. The summed E-state index contributed by atoms with van der Waals surface area (Å²) in [6, 6.07) is 7.31. The zero-order valence-electron chi connectivity index (χ0n) is 13.6. The molecule has 0 radical (unpaired) electrons. The van der Waals surface area contributed by atoms with Crippen LogP contribution in [0.5, 0.6) is 0 Å². The lowest BCUT2D eigenvalue weighted by atomic mass is 10.1. The first-order valence-corrected chi connectivity index (χ1v) is 9.13. The molecular formula is C17H29N3S. The van der Waals surface area contributed by atoms with E-state index in [0.717, 1.165) is 31.9 Å². The first kappa shape index (κ1) is 16.7. The van der Waals surface area contributed by atoms with Crippen molar-refractivity contribution in [1.29, 1.82) is 0 Å². The van der Waals surface area contributed by atoms with Gasteiger partial charge < -0.3 is 10.6 Å². The van der Waals surface area contributed by atoms with Gasteiger partial charge in [0.25, 0.3) is 0 Å². The highest BCUT2D eigenvalue weighted by atomic mass is 32.2. The molecule has 1 aliphatic heterocycles. The zero-order chi connectivity index (χ0) is 15.2. The highest BCUT2D eigenvalue weighted by Gasteiger charge is 2.22. The van der Waals surface area contributed by atoms with Gasteiger partial charge >= 0.3 is 0 Å². The SMILES string of the molecule is CCSc1cccc(N2CCN(C(C)CC)CC2)c1CN. The van der Waals surface area contributed by atoms with Crippen molar-refractivity contribution in [3.05, 3.63) is 23.8 Å². The summed E-state index contributed by atoms with van der Waals surface area (Å²) in [7, 11) is 0. The third-order valence-corrected chi connectivity index (χ3v) is 5.46. The average molecular weight is 308 g/mol. The number of hydrogen-bond acceptors (Lipinski definition) is 4. The number of anilines is 1. The summed E-state index contributed by atoms with van der Waals surface area (Å²) in [4.78, 5) is 6.46. The summed E-state index contributed by atoms with van der Waals surface area (Å²) in [5.41, 5.74) is 8.70. The normalized spacial score (nSPS) is 18.0. The van der Waals surface area contributed by atoms with Gasteiger partial charge in [0.1, 0.15) is 0 Å². The molecule has 1 atom stereocenters. The molecule has 0 aliphatic carbocycles. The molecule has 4 heteroatoms. The molecule has 1 aromatic rings. The van der Waals surface area contributed by atoms with Crippen LogP contribution in [-0.4, -0.2) is 42.9 Å². The van der Waals surface area contributed by atoms with E-state index in [1.54, 1.807) is 0 Å². The Morgan fingerprint density at radius 1 is 1.19 bits per heavy atom. The summed E-state index contributed by atoms with van der Waals surface area (Å²) >= 11 is 1.90. The molecule has 1 aromatic carbocycles. The van der Waals surface area contributed by atoms with Crippen molar-refractivity contribution in [2.24, 2.45) is 5.73 Å². The highest BCUT2D eigenvalue weighted by molar-refractivity contribution is 7.99. The van der Waals surface area contributed by atoms with E-state index in [9.17, 15) is 0 Å². The minimum absolute atomic E-state index is 0.629. The number of benzene rings is 1. The Kier molecular flexibility index (Phi) is 6.40. The van der Waals surface area contributed by atoms with Crippen LogP contribution in [0.2, 0.25) is 0 Å². The number of hydrogen-bond donors (Lipinski definition) is 1. The van der Waals surface area contributed by atoms with Crippen LogP contribution in [0.3, 0.4) is 0 Å². The third-order valence-electron chi connectivity index (χ3n) is 4.48. The average Bonchev–Trinajstić information content (AvgIpc) is 2.54. The van der Waals surface area contributed by atoms with E-state index in [4.69, 9.17) is 5.73 Å². The van der Waals surface area contributed by atoms with Crippen LogP contribution < -0.4 is 10.6 Å². The predicted molar refractivity (Wildman–Crippen MR) is 94.3 cm³/mol. The lowest BCUT2D eigenvalue weighted by Crippen LogP contribution is -2.49. The molecule has 1 unspecified atom stereocenters. The van der Waals surface area contributed by atoms with E-state index in [-0.39, 0.29) is 0 Å². The number of nitrogens with zero attached hydrogens (tertiary/aromatic N) is 2. The largest absolute Gasteiger partial charge is 0.369 e. The van der Waals surface area contributed by atoms with Crippen LogP contribution in [-0.2, 0) is 6.54 Å². The van der Waals surface area contributed by atoms with E-state index in [0.29, 0.717) is 12.6 Å². The van der Waals surface area contributed by atoms with Gasteiger partial charge in [0.15, 0.2) is 0 Å². The summed E-state index contributed by atoms with van der Waals surface area (Å²) in [6.45, 7) is 12.0. The number of nitrogens with two attached hydrogens (primary N) is 1. The first-order chi connectivity index (χ1) is 10.2. The summed E-state index contributed by atoms with van der Waals surface area (Å²) in [5, 5.41) is 0. The molecule has 2 N–H and O–H groups in total. The third kappa shape index (κ3) is 3.93. The molecule has 21 heavy (non-hydrogen) atoms. The van der Waals surface area contributed by atoms with Gasteiger partial charge in [-0.25, -0.2) is 0 Å². The summed E-state index contributed by atoms with van der Waals surface area (Å²) in [6.07, 6.45) is 1.23. The van der Waals surface area contributed by atoms with Gasteiger partial charge in [-0.05, 0) is 31.2 Å². The van der Waals surface area contributed by atoms with Gasteiger partial charge in [0.2, 0.25) is 0 Å². The fourth-order valence-electron chi connectivity index (χ4n) is 3.01. The zero-order valence-corrected chi connectivity index (χ0v) is 14.5. The Morgan fingerprint density at radius 3 is 2.48 bits per heavy atom. The fraction of sp³-hybridized carbons (Fsp3) is 0.647. The highest BCUT2D eigenvalue weighted by Crippen LogP contribution is 2.31. The first-order valence-electron chi connectivity index (χ1n) is 8.15. The molecule has 0 amide bonds. The van der Waals surface area contributed by atoms with Crippen molar-refractivity contribution in [2.45, 2.75) is 44.7 Å². The number of piperazine rings is 1. The second kappa shape index (κ2) is 8.06. The van der Waals surface area contributed by atoms with Gasteiger partial charge in [-0.2, -0.15) is 0 Å². The Bertz CT molecular complexity index is 442. The van der Waals surface area contributed by atoms with Crippen molar-refractivity contribution >= 4 is 17.4 Å². The quantitative estimate of drug-likeness (QED) is 0.818. The number of thioether (sulfide) groups is 1. The maximum atomic E-state index is 6.04. The van der Waals surface area contributed by atoms with Gasteiger partial charge in [0, 0.05) is 54.9 Å². The van der Waals surface area contributed by atoms with Crippen LogP contribution >= 0.6 is 11.8 Å². The monoisotopic (exact) mass is 307 g/mol. The predicted octanol–water partition coefficient (Wildman–Crippen LogP) is 3.18. The maximum Gasteiger partial charge on any atom is 0.0423 e. The van der Waals surface area contributed by atoms with Crippen LogP contribution in [0.4, 0.5) is 5.69 Å². The van der Waals surface area contributed by atoms with Crippen LogP contribution in [0, 0.1) is 0 Å². The molecule has 118 valence electrons. The molecule has 0 spiro atoms. The lowest BCUT2D eigenvalue weighted by molar-refractivity contribution is 0.192. The summed E-state index contributed by atoms with van der Waals surface area (Å²) < 4.78 is 0. The Hall–Kier alpha value is -0.710. The van der Waals surface area contributed by atoms with E-state index < -0.39 is 0 Å². The van der Waals surface area contributed by atoms with Crippen molar-refractivity contribution in [1.82, 2.24) is 4.90 Å². The Balaban J connectivity index is 2.11. The van der Waals surface area contributed by atoms with Crippen molar-refractivity contribution in [3.8, 4) is 0 Å². The minimum Gasteiger partial charge on any atom is -0.369 e. The molecule has 3 nitrogen and oxygen atoms in total. The molecule has 1 fully saturated rings. The Labute approximate surface area is 133 Å². The van der Waals surface area contributed by atoms with Gasteiger partial charge in [0.05, 0.1) is 0 Å². The van der Waals surface area contributed by atoms with Crippen LogP contribution in [0.15, 0.2) is 23.1 Å². The van der Waals surface area contributed by atoms with E-state index >= 15 is 0 Å². The van der Waals surface area contributed by atoms with E-state index in [1.807, 2.05) is 11.8 Å². The van der Waals surface area contributed by atoms with Crippen molar-refractivity contribution in [3.63, 3.8) is 0 Å². The van der Waals surface area contributed by atoms with Crippen molar-refractivity contribution < 1.29 is 0 Å². The second-order valence-electron chi connectivity index (χ2n) is 5.67. The molecule has 1 aliphatic rings.